The molecule has 88 valence electrons. The fourth-order valence-electron chi connectivity index (χ4n) is 1.70. The van der Waals surface area contributed by atoms with Crippen molar-refractivity contribution >= 4 is 22.4 Å². The predicted octanol–water partition coefficient (Wildman–Crippen LogP) is 2.06. The molecule has 0 radical (unpaired) electrons. The summed E-state index contributed by atoms with van der Waals surface area (Å²) in [6.07, 6.45) is 0. The third-order valence-electron chi connectivity index (χ3n) is 2.71. The summed E-state index contributed by atoms with van der Waals surface area (Å²) in [6.45, 7) is 0. The lowest BCUT2D eigenvalue weighted by atomic mass is 10.0. The summed E-state index contributed by atoms with van der Waals surface area (Å²) >= 11 is 0. The number of nitrogens with zero attached hydrogens (tertiary/aromatic N) is 1. The van der Waals surface area contributed by atoms with E-state index in [0.717, 1.165) is 15.8 Å². The minimum atomic E-state index is -0.254. The van der Waals surface area contributed by atoms with Crippen molar-refractivity contribution in [3.63, 3.8) is 0 Å². The van der Waals surface area contributed by atoms with E-state index in [0.29, 0.717) is 11.3 Å². The summed E-state index contributed by atoms with van der Waals surface area (Å²) in [4.78, 5) is 16.8. The topological polar surface area (TPSA) is 55.6 Å². The van der Waals surface area contributed by atoms with Crippen LogP contribution in [0.15, 0.2) is 36.4 Å². The lowest BCUT2D eigenvalue weighted by Crippen LogP contribution is -2.26. The van der Waals surface area contributed by atoms with Crippen LogP contribution in [0.4, 0.5) is 5.69 Å². The quantitative estimate of drug-likeness (QED) is 0.634. The van der Waals surface area contributed by atoms with Crippen LogP contribution in [0.25, 0.3) is 10.8 Å². The number of amides is 1. The maximum absolute atomic E-state index is 12.0. The van der Waals surface area contributed by atoms with Crippen LogP contribution in [0.2, 0.25) is 0 Å². The van der Waals surface area contributed by atoms with Gasteiger partial charge in [0.2, 0.25) is 0 Å². The SMILES string of the molecule is CON(C)C(=O)c1cc2ccccc2cc1N. The maximum Gasteiger partial charge on any atom is 0.279 e. The third kappa shape index (κ3) is 2.07. The zero-order valence-corrected chi connectivity index (χ0v) is 9.81. The van der Waals surface area contributed by atoms with Crippen molar-refractivity contribution in [3.8, 4) is 0 Å². The van der Waals surface area contributed by atoms with Crippen LogP contribution >= 0.6 is 0 Å². The van der Waals surface area contributed by atoms with Crippen LogP contribution in [0.5, 0.6) is 0 Å². The first kappa shape index (κ1) is 11.4. The van der Waals surface area contributed by atoms with Gasteiger partial charge in [0.25, 0.3) is 5.91 Å². The van der Waals surface area contributed by atoms with Gasteiger partial charge in [-0.15, -0.1) is 0 Å². The van der Waals surface area contributed by atoms with Gasteiger partial charge in [-0.2, -0.15) is 0 Å². The van der Waals surface area contributed by atoms with Crippen molar-refractivity contribution in [3.05, 3.63) is 42.0 Å². The number of hydrogen-bond acceptors (Lipinski definition) is 3. The van der Waals surface area contributed by atoms with E-state index >= 15 is 0 Å². The third-order valence-corrected chi connectivity index (χ3v) is 2.71. The smallest absolute Gasteiger partial charge is 0.279 e. The fraction of sp³-hybridized carbons (Fsp3) is 0.154. The van der Waals surface area contributed by atoms with Gasteiger partial charge in [0.1, 0.15) is 0 Å². The number of nitrogen functional groups attached to an aromatic ring is 1. The number of benzene rings is 2. The van der Waals surface area contributed by atoms with Gasteiger partial charge >= 0.3 is 0 Å². The van der Waals surface area contributed by atoms with Gasteiger partial charge in [-0.3, -0.25) is 9.63 Å². The Morgan fingerprint density at radius 2 is 1.82 bits per heavy atom. The summed E-state index contributed by atoms with van der Waals surface area (Å²) in [6, 6.07) is 11.3. The molecule has 0 atom stereocenters. The number of hydrogen-bond donors (Lipinski definition) is 1. The molecule has 0 fully saturated rings. The first-order chi connectivity index (χ1) is 8.13. The molecule has 0 saturated carbocycles. The van der Waals surface area contributed by atoms with E-state index in [9.17, 15) is 4.79 Å². The van der Waals surface area contributed by atoms with Crippen LogP contribution in [0, 0.1) is 0 Å². The summed E-state index contributed by atoms with van der Waals surface area (Å²) in [5.41, 5.74) is 6.79. The number of fused-ring (bicyclic) bond motifs is 1. The zero-order valence-electron chi connectivity index (χ0n) is 9.81. The number of carbonyl (C=O) groups is 1. The highest BCUT2D eigenvalue weighted by molar-refractivity contribution is 6.03. The fourth-order valence-corrected chi connectivity index (χ4v) is 1.70. The van der Waals surface area contributed by atoms with Crippen molar-refractivity contribution < 1.29 is 9.63 Å². The van der Waals surface area contributed by atoms with E-state index in [4.69, 9.17) is 10.6 Å². The van der Waals surface area contributed by atoms with E-state index in [-0.39, 0.29) is 5.91 Å². The second kappa shape index (κ2) is 4.43. The molecule has 0 bridgehead atoms. The van der Waals surface area contributed by atoms with Gasteiger partial charge in [-0.05, 0) is 22.9 Å². The minimum absolute atomic E-state index is 0.254. The first-order valence-corrected chi connectivity index (χ1v) is 5.24. The monoisotopic (exact) mass is 230 g/mol. The Kier molecular flexibility index (Phi) is 2.97. The van der Waals surface area contributed by atoms with Crippen LogP contribution < -0.4 is 5.73 Å². The van der Waals surface area contributed by atoms with Crippen molar-refractivity contribution in [2.45, 2.75) is 0 Å². The molecular formula is C13H14N2O2. The first-order valence-electron chi connectivity index (χ1n) is 5.24. The highest BCUT2D eigenvalue weighted by Gasteiger charge is 2.15. The minimum Gasteiger partial charge on any atom is -0.398 e. The van der Waals surface area contributed by atoms with E-state index in [1.807, 2.05) is 24.3 Å². The molecule has 17 heavy (non-hydrogen) atoms. The highest BCUT2D eigenvalue weighted by Crippen LogP contribution is 2.22. The Morgan fingerprint density at radius 3 is 2.41 bits per heavy atom. The van der Waals surface area contributed by atoms with Gasteiger partial charge in [-0.1, -0.05) is 24.3 Å². The Hall–Kier alpha value is -2.07. The van der Waals surface area contributed by atoms with Crippen molar-refractivity contribution in [2.75, 3.05) is 19.9 Å². The molecule has 1 amide bonds. The molecule has 0 aliphatic heterocycles. The molecule has 2 N–H and O–H groups in total. The van der Waals surface area contributed by atoms with Crippen molar-refractivity contribution in [2.24, 2.45) is 0 Å². The molecule has 4 nitrogen and oxygen atoms in total. The summed E-state index contributed by atoms with van der Waals surface area (Å²) < 4.78 is 0. The number of carbonyl (C=O) groups excluding carboxylic acids is 1. The van der Waals surface area contributed by atoms with Crippen LogP contribution in [0.3, 0.4) is 0 Å². The highest BCUT2D eigenvalue weighted by atomic mass is 16.7. The molecule has 0 aliphatic rings. The maximum atomic E-state index is 12.0. The molecule has 0 unspecified atom stereocenters. The molecule has 2 aromatic rings. The van der Waals surface area contributed by atoms with Gasteiger partial charge < -0.3 is 5.73 Å². The largest absolute Gasteiger partial charge is 0.398 e. The Bertz CT molecular complexity index is 566. The lowest BCUT2D eigenvalue weighted by molar-refractivity contribution is -0.0756. The number of rotatable bonds is 2. The van der Waals surface area contributed by atoms with Crippen LogP contribution in [-0.4, -0.2) is 25.1 Å². The summed E-state index contributed by atoms with van der Waals surface area (Å²) in [7, 11) is 2.99. The Balaban J connectivity index is 2.54. The molecule has 0 aromatic heterocycles. The molecule has 4 heteroatoms. The van der Waals surface area contributed by atoms with E-state index in [2.05, 4.69) is 0 Å². The van der Waals surface area contributed by atoms with Gasteiger partial charge in [0.05, 0.1) is 12.7 Å². The Morgan fingerprint density at radius 1 is 1.24 bits per heavy atom. The average molecular weight is 230 g/mol. The second-order valence-corrected chi connectivity index (χ2v) is 3.77. The van der Waals surface area contributed by atoms with Crippen molar-refractivity contribution in [1.29, 1.82) is 0 Å². The molecule has 2 rings (SSSR count). The van der Waals surface area contributed by atoms with E-state index in [1.54, 1.807) is 19.2 Å². The summed E-state index contributed by atoms with van der Waals surface area (Å²) in [5.74, 6) is -0.254. The van der Waals surface area contributed by atoms with Gasteiger partial charge in [0.15, 0.2) is 0 Å². The van der Waals surface area contributed by atoms with Crippen LogP contribution in [0.1, 0.15) is 10.4 Å². The van der Waals surface area contributed by atoms with Crippen LogP contribution in [-0.2, 0) is 4.84 Å². The number of anilines is 1. The Labute approximate surface area is 99.5 Å². The standard InChI is InChI=1S/C13H14N2O2/c1-15(17-2)13(16)11-7-9-5-3-4-6-10(9)8-12(11)14/h3-8H,14H2,1-2H3. The molecule has 0 heterocycles. The van der Waals surface area contributed by atoms with Crippen molar-refractivity contribution in [1.82, 2.24) is 5.06 Å². The van der Waals surface area contributed by atoms with Gasteiger partial charge in [-0.25, -0.2) is 5.06 Å². The molecule has 0 spiro atoms. The molecule has 0 aliphatic carbocycles. The zero-order chi connectivity index (χ0) is 12.4. The molecular weight excluding hydrogens is 216 g/mol. The van der Waals surface area contributed by atoms with E-state index in [1.165, 1.54) is 7.11 Å². The molecule has 0 saturated heterocycles. The lowest BCUT2D eigenvalue weighted by Gasteiger charge is -2.15. The summed E-state index contributed by atoms with van der Waals surface area (Å²) in [5, 5.41) is 3.15. The number of hydroxylamine groups is 2. The average Bonchev–Trinajstić information content (AvgIpc) is 2.36. The normalized spacial score (nSPS) is 10.5. The van der Waals surface area contributed by atoms with Gasteiger partial charge in [0, 0.05) is 12.7 Å². The van der Waals surface area contributed by atoms with E-state index < -0.39 is 0 Å². The predicted molar refractivity (Wildman–Crippen MR) is 67.5 cm³/mol. The number of nitrogens with two attached hydrogens (primary N) is 1. The molecule has 2 aromatic carbocycles. The second-order valence-electron chi connectivity index (χ2n) is 3.77.